The third-order valence-electron chi connectivity index (χ3n) is 11.5. The van der Waals surface area contributed by atoms with Gasteiger partial charge in [0.25, 0.3) is 0 Å². The lowest BCUT2D eigenvalue weighted by atomic mass is 9.99. The van der Waals surface area contributed by atoms with Crippen molar-refractivity contribution < 1.29 is 4.42 Å². The monoisotopic (exact) mass is 767 g/mol. The van der Waals surface area contributed by atoms with E-state index in [1.807, 2.05) is 42.5 Å². The fourth-order valence-electron chi connectivity index (χ4n) is 8.67. The summed E-state index contributed by atoms with van der Waals surface area (Å²) in [7, 11) is 0. The first-order valence-corrected chi connectivity index (χ1v) is 20.1. The van der Waals surface area contributed by atoms with Crippen LogP contribution >= 0.6 is 0 Å². The van der Waals surface area contributed by atoms with E-state index in [-0.39, 0.29) is 0 Å². The predicted octanol–water partition coefficient (Wildman–Crippen LogP) is 13.8. The minimum Gasteiger partial charge on any atom is -0.454 e. The second-order valence-corrected chi connectivity index (χ2v) is 15.0. The average Bonchev–Trinajstić information content (AvgIpc) is 3.88. The van der Waals surface area contributed by atoms with Crippen molar-refractivity contribution in [3.05, 3.63) is 200 Å². The Morgan fingerprint density at radius 1 is 0.350 bits per heavy atom. The van der Waals surface area contributed by atoms with E-state index in [1.165, 1.54) is 10.8 Å². The molecular formula is C54H33N5O. The molecule has 4 aromatic heterocycles. The lowest BCUT2D eigenvalue weighted by molar-refractivity contribution is 0.672. The zero-order valence-electron chi connectivity index (χ0n) is 32.2. The van der Waals surface area contributed by atoms with Gasteiger partial charge in [-0.2, -0.15) is 0 Å². The number of rotatable bonds is 6. The first-order valence-electron chi connectivity index (χ1n) is 20.1. The first-order chi connectivity index (χ1) is 29.7. The number of hydrogen-bond donors (Lipinski definition) is 0. The molecule has 0 bridgehead atoms. The summed E-state index contributed by atoms with van der Waals surface area (Å²) >= 11 is 0. The number of benzene rings is 8. The molecule has 60 heavy (non-hydrogen) atoms. The highest BCUT2D eigenvalue weighted by Crippen LogP contribution is 2.39. The molecule has 12 aromatic rings. The van der Waals surface area contributed by atoms with Crippen molar-refractivity contribution in [3.63, 3.8) is 0 Å². The van der Waals surface area contributed by atoms with E-state index in [4.69, 9.17) is 24.4 Å². The van der Waals surface area contributed by atoms with Gasteiger partial charge in [0.15, 0.2) is 23.1 Å². The Kier molecular flexibility index (Phi) is 7.74. The Morgan fingerprint density at radius 2 is 0.900 bits per heavy atom. The normalized spacial score (nSPS) is 11.7. The van der Waals surface area contributed by atoms with Crippen molar-refractivity contribution >= 4 is 54.6 Å². The Labute approximate surface area is 344 Å². The molecule has 0 radical (unpaired) electrons. The van der Waals surface area contributed by atoms with Gasteiger partial charge in [0.05, 0.1) is 16.7 Å². The van der Waals surface area contributed by atoms with Crippen LogP contribution in [0.1, 0.15) is 0 Å². The number of furan rings is 1. The number of hydrogen-bond acceptors (Lipinski definition) is 5. The number of para-hydroxylation sites is 3. The van der Waals surface area contributed by atoms with Crippen LogP contribution in [0.25, 0.3) is 117 Å². The summed E-state index contributed by atoms with van der Waals surface area (Å²) < 4.78 is 8.70. The predicted molar refractivity (Wildman–Crippen MR) is 244 cm³/mol. The van der Waals surface area contributed by atoms with Crippen LogP contribution in [0.15, 0.2) is 205 Å². The van der Waals surface area contributed by atoms with Crippen molar-refractivity contribution in [1.82, 2.24) is 24.5 Å². The van der Waals surface area contributed by atoms with E-state index in [0.717, 1.165) is 88.6 Å². The number of aromatic nitrogens is 5. The van der Waals surface area contributed by atoms with Gasteiger partial charge < -0.3 is 8.98 Å². The smallest absolute Gasteiger partial charge is 0.164 e. The molecule has 0 spiro atoms. The molecule has 4 heterocycles. The zero-order valence-corrected chi connectivity index (χ0v) is 32.2. The van der Waals surface area contributed by atoms with Crippen molar-refractivity contribution in [2.75, 3.05) is 0 Å². The first kappa shape index (κ1) is 33.9. The van der Waals surface area contributed by atoms with Gasteiger partial charge in [0.2, 0.25) is 0 Å². The Bertz CT molecular complexity index is 3550. The van der Waals surface area contributed by atoms with Crippen LogP contribution in [0.3, 0.4) is 0 Å². The summed E-state index contributed by atoms with van der Waals surface area (Å²) in [5.41, 5.74) is 12.5. The maximum Gasteiger partial charge on any atom is 0.164 e. The molecule has 0 fully saturated rings. The van der Waals surface area contributed by atoms with E-state index in [1.54, 1.807) is 0 Å². The van der Waals surface area contributed by atoms with Gasteiger partial charge in [0.1, 0.15) is 11.1 Å². The largest absolute Gasteiger partial charge is 0.454 e. The van der Waals surface area contributed by atoms with Gasteiger partial charge >= 0.3 is 0 Å². The minimum atomic E-state index is 0.574. The molecule has 0 aliphatic rings. The maximum atomic E-state index is 6.38. The number of fused-ring (bicyclic) bond motifs is 8. The van der Waals surface area contributed by atoms with Gasteiger partial charge in [-0.25, -0.2) is 19.9 Å². The average molecular weight is 768 g/mol. The second-order valence-electron chi connectivity index (χ2n) is 15.0. The Balaban J connectivity index is 1.03. The number of pyridine rings is 1. The molecule has 0 N–H and O–H groups in total. The summed E-state index contributed by atoms with van der Waals surface area (Å²) in [4.78, 5) is 20.9. The van der Waals surface area contributed by atoms with E-state index in [9.17, 15) is 0 Å². The Hall–Kier alpha value is -8.22. The molecule has 0 atom stereocenters. The molecular weight excluding hydrogens is 735 g/mol. The van der Waals surface area contributed by atoms with Crippen molar-refractivity contribution in [3.8, 4) is 62.2 Å². The van der Waals surface area contributed by atoms with E-state index in [2.05, 4.69) is 162 Å². The van der Waals surface area contributed by atoms with E-state index in [0.29, 0.717) is 17.5 Å². The molecule has 6 heteroatoms. The highest BCUT2D eigenvalue weighted by atomic mass is 16.3. The van der Waals surface area contributed by atoms with Crippen LogP contribution in [-0.2, 0) is 0 Å². The van der Waals surface area contributed by atoms with Gasteiger partial charge in [-0.3, -0.25) is 0 Å². The van der Waals surface area contributed by atoms with E-state index < -0.39 is 0 Å². The molecule has 12 rings (SSSR count). The van der Waals surface area contributed by atoms with E-state index >= 15 is 0 Å². The third-order valence-corrected chi connectivity index (χ3v) is 11.5. The summed E-state index contributed by atoms with van der Waals surface area (Å²) in [6.45, 7) is 0. The number of nitrogens with zero attached hydrogens (tertiary/aromatic N) is 5. The molecule has 0 unspecified atom stereocenters. The maximum absolute atomic E-state index is 6.38. The molecule has 8 aromatic carbocycles. The molecule has 0 amide bonds. The van der Waals surface area contributed by atoms with Crippen LogP contribution in [0.2, 0.25) is 0 Å². The van der Waals surface area contributed by atoms with Gasteiger partial charge in [0, 0.05) is 54.9 Å². The summed E-state index contributed by atoms with van der Waals surface area (Å²) in [5, 5.41) is 5.47. The summed E-state index contributed by atoms with van der Waals surface area (Å²) in [6, 6.07) is 69.1. The lowest BCUT2D eigenvalue weighted by Crippen LogP contribution is -2.01. The van der Waals surface area contributed by atoms with Crippen LogP contribution in [0.4, 0.5) is 0 Å². The summed E-state index contributed by atoms with van der Waals surface area (Å²) in [6.07, 6.45) is 0. The van der Waals surface area contributed by atoms with Crippen molar-refractivity contribution in [2.24, 2.45) is 0 Å². The SMILES string of the molecule is c1ccc(-c2ccccc2-c2nc(-c3ccc(-n4c5ccccc5c5ccccc54)cc3)nc(-c3cccc(-c4nc5c6ccccc6oc5c5ccccc45)c3)n2)cc1. The quantitative estimate of drug-likeness (QED) is 0.168. The highest BCUT2D eigenvalue weighted by Gasteiger charge is 2.20. The molecule has 280 valence electrons. The zero-order chi connectivity index (χ0) is 39.6. The van der Waals surface area contributed by atoms with Crippen LogP contribution < -0.4 is 0 Å². The third kappa shape index (κ3) is 5.50. The topological polar surface area (TPSA) is 69.6 Å². The Morgan fingerprint density at radius 3 is 1.65 bits per heavy atom. The molecule has 0 aliphatic heterocycles. The molecule has 6 nitrogen and oxygen atoms in total. The van der Waals surface area contributed by atoms with Gasteiger partial charge in [-0.1, -0.05) is 146 Å². The van der Waals surface area contributed by atoms with Gasteiger partial charge in [-0.05, 0) is 65.7 Å². The van der Waals surface area contributed by atoms with Crippen molar-refractivity contribution in [2.45, 2.75) is 0 Å². The fraction of sp³-hybridized carbons (Fsp3) is 0. The standard InChI is InChI=1S/C54H33N5O/c1-2-15-34(16-3-1)39-19-4-7-24-44(39)54-57-52(35-29-31-38(32-30-35)59-46-26-11-8-20-40(46)41-21-9-12-27-47(41)59)56-53(58-54)37-18-14-17-36(33-37)49-42-22-5-6-23-43(42)51-50(55-49)45-25-10-13-28-48(45)60-51/h1-33H. The highest BCUT2D eigenvalue weighted by molar-refractivity contribution is 6.16. The molecule has 0 saturated heterocycles. The lowest BCUT2D eigenvalue weighted by Gasteiger charge is -2.13. The fourth-order valence-corrected chi connectivity index (χ4v) is 8.67. The van der Waals surface area contributed by atoms with Crippen LogP contribution in [0, 0.1) is 0 Å². The van der Waals surface area contributed by atoms with Crippen molar-refractivity contribution in [1.29, 1.82) is 0 Å². The minimum absolute atomic E-state index is 0.574. The molecule has 0 aliphatic carbocycles. The summed E-state index contributed by atoms with van der Waals surface area (Å²) in [5.74, 6) is 1.76. The van der Waals surface area contributed by atoms with Crippen LogP contribution in [0.5, 0.6) is 0 Å². The van der Waals surface area contributed by atoms with Crippen LogP contribution in [-0.4, -0.2) is 24.5 Å². The van der Waals surface area contributed by atoms with Gasteiger partial charge in [-0.15, -0.1) is 0 Å². The molecule has 0 saturated carbocycles. The second kappa shape index (κ2) is 13.7.